The molecule has 2 saturated carbocycles. The number of nitrogens with one attached hydrogen (secondary N) is 1. The average Bonchev–Trinajstić information content (AvgIpc) is 2.87. The molecule has 0 aromatic rings. The van der Waals surface area contributed by atoms with Crippen LogP contribution >= 0.6 is 11.8 Å². The zero-order valence-corrected chi connectivity index (χ0v) is 11.7. The van der Waals surface area contributed by atoms with Gasteiger partial charge < -0.3 is 5.32 Å². The van der Waals surface area contributed by atoms with E-state index in [0.717, 1.165) is 18.4 Å². The second-order valence-electron chi connectivity index (χ2n) is 5.67. The van der Waals surface area contributed by atoms with Gasteiger partial charge >= 0.3 is 0 Å². The third-order valence-corrected chi connectivity index (χ3v) is 5.68. The van der Waals surface area contributed by atoms with Gasteiger partial charge in [0.05, 0.1) is 0 Å². The minimum Gasteiger partial charge on any atom is -0.316 e. The largest absolute Gasteiger partial charge is 0.316 e. The van der Waals surface area contributed by atoms with E-state index in [1.54, 1.807) is 6.42 Å². The maximum atomic E-state index is 3.63. The topological polar surface area (TPSA) is 12.0 Å². The summed E-state index contributed by atoms with van der Waals surface area (Å²) in [5.74, 6) is 4.79. The van der Waals surface area contributed by atoms with Crippen LogP contribution in [0.15, 0.2) is 0 Å². The predicted molar refractivity (Wildman–Crippen MR) is 74.0 cm³/mol. The monoisotopic (exact) mass is 241 g/mol. The number of rotatable bonds is 7. The summed E-state index contributed by atoms with van der Waals surface area (Å²) in [5.41, 5.74) is 0.682. The Bertz CT molecular complexity index is 219. The summed E-state index contributed by atoms with van der Waals surface area (Å²) in [6.45, 7) is 6.94. The minimum absolute atomic E-state index is 0.682. The van der Waals surface area contributed by atoms with Gasteiger partial charge in [0.15, 0.2) is 0 Å². The molecular formula is C14H27NS. The number of thioether (sulfide) groups is 1. The van der Waals surface area contributed by atoms with Gasteiger partial charge in [-0.1, -0.05) is 20.3 Å². The summed E-state index contributed by atoms with van der Waals surface area (Å²) in [4.78, 5) is 0. The normalized spacial score (nSPS) is 37.1. The molecule has 2 heteroatoms. The maximum Gasteiger partial charge on any atom is 0.00107 e. The lowest BCUT2D eigenvalue weighted by Gasteiger charge is -2.38. The van der Waals surface area contributed by atoms with Crippen molar-refractivity contribution in [3.8, 4) is 0 Å². The molecule has 16 heavy (non-hydrogen) atoms. The van der Waals surface area contributed by atoms with Crippen molar-refractivity contribution in [3.63, 3.8) is 0 Å². The van der Waals surface area contributed by atoms with Crippen LogP contribution in [-0.4, -0.2) is 24.6 Å². The maximum absolute atomic E-state index is 3.63. The average molecular weight is 241 g/mol. The van der Waals surface area contributed by atoms with E-state index in [2.05, 4.69) is 30.9 Å². The van der Waals surface area contributed by atoms with Gasteiger partial charge in [-0.15, -0.1) is 0 Å². The van der Waals surface area contributed by atoms with Gasteiger partial charge in [0, 0.05) is 6.54 Å². The highest BCUT2D eigenvalue weighted by molar-refractivity contribution is 7.99. The molecule has 0 spiro atoms. The Kier molecular flexibility index (Phi) is 4.60. The van der Waals surface area contributed by atoms with Crippen LogP contribution in [0.3, 0.4) is 0 Å². The molecule has 0 aliphatic heterocycles. The number of fused-ring (bicyclic) bond motifs is 2. The van der Waals surface area contributed by atoms with Crippen molar-refractivity contribution in [2.24, 2.45) is 17.3 Å². The van der Waals surface area contributed by atoms with Crippen molar-refractivity contribution in [2.45, 2.75) is 46.0 Å². The van der Waals surface area contributed by atoms with E-state index in [4.69, 9.17) is 0 Å². The summed E-state index contributed by atoms with van der Waals surface area (Å²) < 4.78 is 0. The van der Waals surface area contributed by atoms with E-state index in [9.17, 15) is 0 Å². The summed E-state index contributed by atoms with van der Waals surface area (Å²) in [6.07, 6.45) is 7.57. The third-order valence-electron chi connectivity index (χ3n) is 4.78. The molecular weight excluding hydrogens is 214 g/mol. The summed E-state index contributed by atoms with van der Waals surface area (Å²) in [6, 6.07) is 0. The molecule has 94 valence electrons. The van der Waals surface area contributed by atoms with E-state index >= 15 is 0 Å². The van der Waals surface area contributed by atoms with Gasteiger partial charge in [-0.3, -0.25) is 0 Å². The van der Waals surface area contributed by atoms with E-state index in [1.807, 2.05) is 0 Å². The SMILES string of the molecule is CCNCC1(CCSCC)CC2CCC1C2. The fourth-order valence-electron chi connectivity index (χ4n) is 3.96. The molecule has 0 aromatic carbocycles. The van der Waals surface area contributed by atoms with Gasteiger partial charge in [0.2, 0.25) is 0 Å². The van der Waals surface area contributed by atoms with Crippen molar-refractivity contribution in [1.29, 1.82) is 0 Å². The van der Waals surface area contributed by atoms with Gasteiger partial charge in [0.25, 0.3) is 0 Å². The Morgan fingerprint density at radius 1 is 1.31 bits per heavy atom. The highest BCUT2D eigenvalue weighted by Crippen LogP contribution is 2.57. The van der Waals surface area contributed by atoms with Crippen molar-refractivity contribution >= 4 is 11.8 Å². The first-order valence-electron chi connectivity index (χ1n) is 7.09. The van der Waals surface area contributed by atoms with E-state index in [1.165, 1.54) is 43.7 Å². The Labute approximate surface area is 105 Å². The van der Waals surface area contributed by atoms with Crippen LogP contribution in [0.5, 0.6) is 0 Å². The van der Waals surface area contributed by atoms with Crippen LogP contribution < -0.4 is 5.32 Å². The van der Waals surface area contributed by atoms with Crippen LogP contribution in [0.4, 0.5) is 0 Å². The molecule has 1 N–H and O–H groups in total. The highest BCUT2D eigenvalue weighted by atomic mass is 32.2. The van der Waals surface area contributed by atoms with Crippen LogP contribution in [0, 0.1) is 17.3 Å². The van der Waals surface area contributed by atoms with Crippen molar-refractivity contribution in [3.05, 3.63) is 0 Å². The molecule has 2 rings (SSSR count). The minimum atomic E-state index is 0.682. The standard InChI is InChI=1S/C14H27NS/c1-3-15-11-14(7-8-16-4-2)10-12-5-6-13(14)9-12/h12-13,15H,3-11H2,1-2H3. The third kappa shape index (κ3) is 2.59. The van der Waals surface area contributed by atoms with Gasteiger partial charge in [-0.25, -0.2) is 0 Å². The van der Waals surface area contributed by atoms with E-state index in [0.29, 0.717) is 5.41 Å². The molecule has 2 aliphatic carbocycles. The molecule has 0 amide bonds. The van der Waals surface area contributed by atoms with Crippen molar-refractivity contribution in [2.75, 3.05) is 24.6 Å². The predicted octanol–water partition coefficient (Wildman–Crippen LogP) is 3.55. The lowest BCUT2D eigenvalue weighted by Crippen LogP contribution is -2.39. The zero-order valence-electron chi connectivity index (χ0n) is 10.9. The van der Waals surface area contributed by atoms with Crippen LogP contribution in [-0.2, 0) is 0 Å². The Hall–Kier alpha value is 0.310. The summed E-state index contributed by atoms with van der Waals surface area (Å²) in [5, 5.41) is 3.63. The fraction of sp³-hybridized carbons (Fsp3) is 1.00. The van der Waals surface area contributed by atoms with E-state index in [-0.39, 0.29) is 0 Å². The zero-order chi connectivity index (χ0) is 11.4. The smallest absolute Gasteiger partial charge is 0.00107 e. The molecule has 0 radical (unpaired) electrons. The molecule has 2 bridgehead atoms. The molecule has 2 fully saturated rings. The Morgan fingerprint density at radius 2 is 2.19 bits per heavy atom. The van der Waals surface area contributed by atoms with Gasteiger partial charge in [-0.05, 0) is 61.0 Å². The summed E-state index contributed by atoms with van der Waals surface area (Å²) in [7, 11) is 0. The molecule has 0 aromatic heterocycles. The quantitative estimate of drug-likeness (QED) is 0.684. The van der Waals surface area contributed by atoms with Crippen molar-refractivity contribution < 1.29 is 0 Å². The number of hydrogen-bond donors (Lipinski definition) is 1. The van der Waals surface area contributed by atoms with Gasteiger partial charge in [0.1, 0.15) is 0 Å². The molecule has 3 atom stereocenters. The molecule has 1 nitrogen and oxygen atoms in total. The van der Waals surface area contributed by atoms with Crippen LogP contribution in [0.1, 0.15) is 46.0 Å². The Morgan fingerprint density at radius 3 is 2.75 bits per heavy atom. The fourth-order valence-corrected chi connectivity index (χ4v) is 4.80. The Balaban J connectivity index is 1.90. The lowest BCUT2D eigenvalue weighted by molar-refractivity contribution is 0.153. The first-order valence-corrected chi connectivity index (χ1v) is 8.24. The highest BCUT2D eigenvalue weighted by Gasteiger charge is 2.49. The van der Waals surface area contributed by atoms with Crippen LogP contribution in [0.2, 0.25) is 0 Å². The lowest BCUT2D eigenvalue weighted by atomic mass is 9.71. The first kappa shape index (κ1) is 12.8. The molecule has 3 unspecified atom stereocenters. The van der Waals surface area contributed by atoms with Crippen molar-refractivity contribution in [1.82, 2.24) is 5.32 Å². The van der Waals surface area contributed by atoms with E-state index < -0.39 is 0 Å². The summed E-state index contributed by atoms with van der Waals surface area (Å²) >= 11 is 2.13. The number of hydrogen-bond acceptors (Lipinski definition) is 2. The second-order valence-corrected chi connectivity index (χ2v) is 7.06. The first-order chi connectivity index (χ1) is 7.80. The molecule has 0 heterocycles. The van der Waals surface area contributed by atoms with Crippen LogP contribution in [0.25, 0.3) is 0 Å². The van der Waals surface area contributed by atoms with Gasteiger partial charge in [-0.2, -0.15) is 11.8 Å². The second kappa shape index (κ2) is 5.77. The molecule has 2 aliphatic rings. The molecule has 0 saturated heterocycles.